The van der Waals surface area contributed by atoms with Crippen LogP contribution in [0.1, 0.15) is 18.0 Å². The van der Waals surface area contributed by atoms with Crippen molar-refractivity contribution in [1.29, 1.82) is 0 Å². The van der Waals surface area contributed by atoms with Crippen molar-refractivity contribution in [2.75, 3.05) is 40.3 Å². The smallest absolute Gasteiger partial charge is 0.222 e. The van der Waals surface area contributed by atoms with E-state index in [0.29, 0.717) is 17.6 Å². The van der Waals surface area contributed by atoms with Crippen molar-refractivity contribution < 1.29 is 19.5 Å². The Labute approximate surface area is 170 Å². The highest BCUT2D eigenvalue weighted by Crippen LogP contribution is 2.24. The molecule has 3 N–H and O–H groups in total. The summed E-state index contributed by atoms with van der Waals surface area (Å²) >= 11 is 0. The number of nitrogens with zero attached hydrogens (tertiary/aromatic N) is 4. The van der Waals surface area contributed by atoms with Crippen LogP contribution in [0.15, 0.2) is 48.5 Å². The third-order valence-electron chi connectivity index (χ3n) is 4.98. The molecule has 0 spiro atoms. The van der Waals surface area contributed by atoms with Gasteiger partial charge in [-0.2, -0.15) is 15.0 Å². The Morgan fingerprint density at radius 1 is 1.07 bits per heavy atom. The molecule has 8 heteroatoms. The lowest BCUT2D eigenvalue weighted by molar-refractivity contribution is -0.889. The number of phenols is 1. The van der Waals surface area contributed by atoms with Crippen molar-refractivity contribution in [2.45, 2.75) is 12.5 Å². The van der Waals surface area contributed by atoms with Gasteiger partial charge in [-0.25, -0.2) is 0 Å². The van der Waals surface area contributed by atoms with Gasteiger partial charge in [-0.05, 0) is 29.8 Å². The molecule has 2 aromatic carbocycles. The molecule has 0 saturated carbocycles. The lowest BCUT2D eigenvalue weighted by atomic mass is 10.0. The summed E-state index contributed by atoms with van der Waals surface area (Å²) in [4.78, 5) is 14.2. The van der Waals surface area contributed by atoms with Crippen LogP contribution in [-0.4, -0.2) is 75.9 Å². The first-order valence-corrected chi connectivity index (χ1v) is 9.68. The number of benzene rings is 2. The van der Waals surface area contributed by atoms with Crippen LogP contribution in [0.4, 0.5) is 0 Å². The highest BCUT2D eigenvalue weighted by Gasteiger charge is 2.22. The van der Waals surface area contributed by atoms with Crippen molar-refractivity contribution in [1.82, 2.24) is 20.3 Å². The number of amides is 1. The minimum atomic E-state index is -0.386. The van der Waals surface area contributed by atoms with Crippen LogP contribution in [0, 0.1) is 0 Å². The second kappa shape index (κ2) is 9.02. The molecule has 0 bridgehead atoms. The molecule has 8 nitrogen and oxygen atoms in total. The molecule has 0 saturated heterocycles. The van der Waals surface area contributed by atoms with Gasteiger partial charge in [0, 0.05) is 0 Å². The molecule has 154 valence electrons. The Bertz CT molecular complexity index is 919. The topological polar surface area (TPSA) is 100 Å². The predicted octanol–water partition coefficient (Wildman–Crippen LogP) is 1.30. The summed E-state index contributed by atoms with van der Waals surface area (Å²) in [5.41, 5.74) is 2.37. The fraction of sp³-hybridized carbons (Fsp3) is 0.381. The van der Waals surface area contributed by atoms with Gasteiger partial charge < -0.3 is 20.0 Å². The van der Waals surface area contributed by atoms with E-state index in [0.717, 1.165) is 23.1 Å². The molecule has 1 amide bonds. The number of nitrogens with one attached hydrogen (secondary N) is 1. The molecular weight excluding hydrogens is 370 g/mol. The molecule has 3 aromatic rings. The minimum absolute atomic E-state index is 0.103. The molecule has 1 unspecified atom stereocenters. The summed E-state index contributed by atoms with van der Waals surface area (Å²) in [6.07, 6.45) is 0.180. The zero-order chi connectivity index (χ0) is 20.9. The number of carbonyl (C=O) groups excluding carboxylic acids is 1. The molecule has 0 aliphatic carbocycles. The average molecular weight is 398 g/mol. The Balaban J connectivity index is 1.75. The van der Waals surface area contributed by atoms with Gasteiger partial charge in [-0.1, -0.05) is 24.3 Å². The maximum atomic E-state index is 12.6. The Kier molecular flexibility index (Phi) is 6.46. The van der Waals surface area contributed by atoms with Crippen LogP contribution in [0.3, 0.4) is 0 Å². The number of hydrogen-bond acceptors (Lipinski definition) is 5. The van der Waals surface area contributed by atoms with Gasteiger partial charge in [0.1, 0.15) is 29.4 Å². The zero-order valence-electron chi connectivity index (χ0n) is 16.8. The highest BCUT2D eigenvalue weighted by atomic mass is 16.3. The first kappa shape index (κ1) is 20.8. The van der Waals surface area contributed by atoms with Crippen molar-refractivity contribution in [3.05, 3.63) is 54.1 Å². The Hall–Kier alpha value is -2.97. The summed E-state index contributed by atoms with van der Waals surface area (Å²) in [7, 11) is 4.03. The van der Waals surface area contributed by atoms with Crippen LogP contribution < -0.4 is 5.32 Å². The van der Waals surface area contributed by atoms with Gasteiger partial charge in [0.25, 0.3) is 0 Å². The fourth-order valence-corrected chi connectivity index (χ4v) is 3.17. The summed E-state index contributed by atoms with van der Waals surface area (Å²) < 4.78 is 0.629. The van der Waals surface area contributed by atoms with Crippen LogP contribution in [0.5, 0.6) is 5.75 Å². The number of carbonyl (C=O) groups is 1. The van der Waals surface area contributed by atoms with Crippen molar-refractivity contribution in [3.63, 3.8) is 0 Å². The van der Waals surface area contributed by atoms with E-state index in [2.05, 4.69) is 15.5 Å². The predicted molar refractivity (Wildman–Crippen MR) is 110 cm³/mol. The molecule has 1 heterocycles. The molecule has 3 rings (SSSR count). The molecule has 1 atom stereocenters. The third kappa shape index (κ3) is 5.52. The normalized spacial score (nSPS) is 12.8. The average Bonchev–Trinajstić information content (AvgIpc) is 3.10. The monoisotopic (exact) mass is 398 g/mol. The number of hydrogen-bond donors (Lipinski definition) is 3. The zero-order valence-corrected chi connectivity index (χ0v) is 16.8. The van der Waals surface area contributed by atoms with Gasteiger partial charge in [0.15, 0.2) is 0 Å². The largest absolute Gasteiger partial charge is 0.508 e. The van der Waals surface area contributed by atoms with E-state index in [1.54, 1.807) is 29.1 Å². The summed E-state index contributed by atoms with van der Waals surface area (Å²) in [5.74, 6) is 0.0628. The molecule has 29 heavy (non-hydrogen) atoms. The minimum Gasteiger partial charge on any atom is -0.508 e. The first-order chi connectivity index (χ1) is 13.9. The van der Waals surface area contributed by atoms with E-state index in [1.165, 1.54) is 0 Å². The molecule has 0 radical (unpaired) electrons. The Morgan fingerprint density at radius 2 is 1.69 bits per heavy atom. The van der Waals surface area contributed by atoms with Crippen LogP contribution >= 0.6 is 0 Å². The summed E-state index contributed by atoms with van der Waals surface area (Å²) in [6, 6.07) is 13.9. The molecule has 1 aromatic heterocycles. The number of aromatic hydroxyl groups is 1. The van der Waals surface area contributed by atoms with E-state index in [-0.39, 0.29) is 30.7 Å². The lowest BCUT2D eigenvalue weighted by Crippen LogP contribution is -2.47. The molecule has 0 aliphatic rings. The molecular formula is C21H28N5O3+. The lowest BCUT2D eigenvalue weighted by Gasteiger charge is -2.29. The maximum absolute atomic E-state index is 12.6. The number of likely N-dealkylation sites (N-methyl/N-ethyl adjacent to an activating group) is 1. The molecule has 0 aliphatic heterocycles. The van der Waals surface area contributed by atoms with Gasteiger partial charge in [-0.3, -0.25) is 4.79 Å². The van der Waals surface area contributed by atoms with Crippen molar-refractivity contribution >= 4 is 16.9 Å². The SMILES string of the molecule is C[N+](C)(CCO)CCNC(=O)CC(c1ccc(O)cc1)n1nc2ccccc2n1. The fourth-order valence-electron chi connectivity index (χ4n) is 3.17. The second-order valence-corrected chi connectivity index (χ2v) is 7.78. The second-order valence-electron chi connectivity index (χ2n) is 7.78. The van der Waals surface area contributed by atoms with E-state index >= 15 is 0 Å². The number of aliphatic hydroxyl groups excluding tert-OH is 1. The van der Waals surface area contributed by atoms with Crippen molar-refractivity contribution in [2.24, 2.45) is 0 Å². The van der Waals surface area contributed by atoms with Gasteiger partial charge in [-0.15, -0.1) is 0 Å². The quantitative estimate of drug-likeness (QED) is 0.472. The number of aliphatic hydroxyl groups is 1. The van der Waals surface area contributed by atoms with Gasteiger partial charge in [0.2, 0.25) is 5.91 Å². The first-order valence-electron chi connectivity index (χ1n) is 9.68. The maximum Gasteiger partial charge on any atom is 0.222 e. The number of phenolic OH excluding ortho intramolecular Hbond substituents is 1. The van der Waals surface area contributed by atoms with Gasteiger partial charge in [0.05, 0.1) is 40.2 Å². The molecule has 0 fully saturated rings. The van der Waals surface area contributed by atoms with E-state index in [9.17, 15) is 9.90 Å². The van der Waals surface area contributed by atoms with Crippen molar-refractivity contribution in [3.8, 4) is 5.75 Å². The van der Waals surface area contributed by atoms with Gasteiger partial charge >= 0.3 is 0 Å². The van der Waals surface area contributed by atoms with Crippen LogP contribution in [0.2, 0.25) is 0 Å². The van der Waals surface area contributed by atoms with Crippen LogP contribution in [0.25, 0.3) is 11.0 Å². The summed E-state index contributed by atoms with van der Waals surface area (Å²) in [5, 5.41) is 30.8. The van der Waals surface area contributed by atoms with E-state index in [4.69, 9.17) is 5.11 Å². The summed E-state index contributed by atoms with van der Waals surface area (Å²) in [6.45, 7) is 1.99. The highest BCUT2D eigenvalue weighted by molar-refractivity contribution is 5.77. The van der Waals surface area contributed by atoms with E-state index in [1.807, 2.05) is 38.4 Å². The Morgan fingerprint density at radius 3 is 2.28 bits per heavy atom. The number of aromatic nitrogens is 3. The van der Waals surface area contributed by atoms with Crippen LogP contribution in [-0.2, 0) is 4.79 Å². The third-order valence-corrected chi connectivity index (χ3v) is 4.98. The number of fused-ring (bicyclic) bond motifs is 1. The number of quaternary nitrogens is 1. The number of rotatable bonds is 9. The standard InChI is InChI=1S/C21H27N5O3/c1-26(2,13-14-27)12-11-22-21(29)15-20(16-7-9-17(28)10-8-16)25-23-18-5-3-4-6-19(18)24-25/h3-10,20,27H,11-15H2,1-2H3,(H-,22,28,29)/p+1. The van der Waals surface area contributed by atoms with E-state index < -0.39 is 0 Å².